The Morgan fingerprint density at radius 2 is 1.81 bits per heavy atom. The zero-order valence-corrected chi connectivity index (χ0v) is 16.2. The van der Waals surface area contributed by atoms with Crippen LogP contribution in [0.25, 0.3) is 0 Å². The van der Waals surface area contributed by atoms with E-state index in [1.165, 1.54) is 0 Å². The second kappa shape index (κ2) is 9.31. The van der Waals surface area contributed by atoms with E-state index in [0.717, 1.165) is 16.7 Å². The lowest BCUT2D eigenvalue weighted by Crippen LogP contribution is -2.25. The van der Waals surface area contributed by atoms with Gasteiger partial charge in [-0.2, -0.15) is 5.26 Å². The Morgan fingerprint density at radius 1 is 1.11 bits per heavy atom. The van der Waals surface area contributed by atoms with Crippen LogP contribution in [-0.4, -0.2) is 20.9 Å². The number of aryl methyl sites for hydroxylation is 2. The van der Waals surface area contributed by atoms with Crippen molar-refractivity contribution in [3.63, 3.8) is 0 Å². The van der Waals surface area contributed by atoms with Gasteiger partial charge in [-0.25, -0.2) is 13.1 Å². The number of nitrogens with one attached hydrogen (secondary N) is 1. The number of nitrogens with zero attached hydrogens (tertiary/aromatic N) is 1. The van der Waals surface area contributed by atoms with Gasteiger partial charge in [-0.1, -0.05) is 18.2 Å². The van der Waals surface area contributed by atoms with Crippen molar-refractivity contribution in [2.75, 3.05) is 6.54 Å². The summed E-state index contributed by atoms with van der Waals surface area (Å²) in [6, 6.07) is 13.7. The average Bonchev–Trinajstić information content (AvgIpc) is 2.66. The number of sulfonamides is 1. The normalized spacial score (nSPS) is 11.0. The van der Waals surface area contributed by atoms with Gasteiger partial charge in [0.25, 0.3) is 0 Å². The fourth-order valence-electron chi connectivity index (χ4n) is 2.32. The number of hydrogen-bond donors (Lipinski definition) is 1. The molecule has 1 N–H and O–H groups in total. The van der Waals surface area contributed by atoms with Crippen LogP contribution in [-0.2, 0) is 26.2 Å². The van der Waals surface area contributed by atoms with Crippen LogP contribution >= 0.6 is 0 Å². The summed E-state index contributed by atoms with van der Waals surface area (Å²) in [4.78, 5) is 12.0. The molecule has 142 valence electrons. The predicted molar refractivity (Wildman–Crippen MR) is 101 cm³/mol. The highest BCUT2D eigenvalue weighted by molar-refractivity contribution is 7.89. The first kappa shape index (κ1) is 20.6. The molecule has 7 heteroatoms. The van der Waals surface area contributed by atoms with E-state index >= 15 is 0 Å². The Morgan fingerprint density at radius 3 is 2.44 bits per heavy atom. The Hall–Kier alpha value is -2.69. The summed E-state index contributed by atoms with van der Waals surface area (Å²) in [5, 5.41) is 8.74. The van der Waals surface area contributed by atoms with Crippen molar-refractivity contribution in [3.8, 4) is 6.07 Å². The first-order chi connectivity index (χ1) is 12.8. The molecule has 2 aromatic rings. The molecule has 0 spiro atoms. The van der Waals surface area contributed by atoms with Crippen LogP contribution in [0.5, 0.6) is 0 Å². The minimum atomic E-state index is -3.59. The molecular weight excluding hydrogens is 364 g/mol. The molecule has 0 saturated heterocycles. The molecule has 2 rings (SSSR count). The highest BCUT2D eigenvalue weighted by Gasteiger charge is 2.14. The molecule has 6 nitrogen and oxygen atoms in total. The molecule has 2 aromatic carbocycles. The van der Waals surface area contributed by atoms with Crippen LogP contribution < -0.4 is 4.72 Å². The minimum absolute atomic E-state index is 0.117. The summed E-state index contributed by atoms with van der Waals surface area (Å²) < 4.78 is 32.2. The second-order valence-corrected chi connectivity index (χ2v) is 7.98. The number of esters is 1. The first-order valence-corrected chi connectivity index (χ1v) is 10.0. The van der Waals surface area contributed by atoms with Crippen LogP contribution in [0.2, 0.25) is 0 Å². The number of rotatable bonds is 8. The van der Waals surface area contributed by atoms with Gasteiger partial charge in [0.1, 0.15) is 6.61 Å². The summed E-state index contributed by atoms with van der Waals surface area (Å²) in [5.74, 6) is -0.398. The van der Waals surface area contributed by atoms with Crippen LogP contribution in [0, 0.1) is 25.2 Å². The molecule has 0 aliphatic rings. The maximum atomic E-state index is 12.3. The Bertz CT molecular complexity index is 945. The molecule has 0 saturated carbocycles. The highest BCUT2D eigenvalue weighted by Crippen LogP contribution is 2.14. The van der Waals surface area contributed by atoms with E-state index in [9.17, 15) is 13.2 Å². The van der Waals surface area contributed by atoms with E-state index in [0.29, 0.717) is 12.0 Å². The van der Waals surface area contributed by atoms with Crippen molar-refractivity contribution in [3.05, 3.63) is 64.7 Å². The molecule has 0 heterocycles. The maximum Gasteiger partial charge on any atom is 0.306 e. The number of carbonyl (C=O) groups is 1. The summed E-state index contributed by atoms with van der Waals surface area (Å²) in [6.45, 7) is 4.06. The molecule has 0 bridgehead atoms. The topological polar surface area (TPSA) is 96.3 Å². The molecule has 0 radical (unpaired) electrons. The van der Waals surface area contributed by atoms with Gasteiger partial charge in [0.2, 0.25) is 10.0 Å². The molecule has 0 amide bonds. The summed E-state index contributed by atoms with van der Waals surface area (Å²) in [5.41, 5.74) is 3.27. The van der Waals surface area contributed by atoms with Gasteiger partial charge in [0, 0.05) is 13.0 Å². The van der Waals surface area contributed by atoms with Crippen molar-refractivity contribution in [1.29, 1.82) is 5.26 Å². The molecule has 0 aromatic heterocycles. The third-order valence-electron chi connectivity index (χ3n) is 4.12. The predicted octanol–water partition coefficient (Wildman–Crippen LogP) is 2.98. The molecule has 0 fully saturated rings. The number of benzene rings is 2. The third kappa shape index (κ3) is 6.20. The Balaban J connectivity index is 1.74. The molecule has 0 aliphatic heterocycles. The monoisotopic (exact) mass is 386 g/mol. The van der Waals surface area contributed by atoms with Gasteiger partial charge < -0.3 is 4.74 Å². The van der Waals surface area contributed by atoms with Crippen molar-refractivity contribution in [1.82, 2.24) is 4.72 Å². The summed E-state index contributed by atoms with van der Waals surface area (Å²) in [7, 11) is -3.59. The first-order valence-electron chi connectivity index (χ1n) is 8.53. The van der Waals surface area contributed by atoms with Gasteiger partial charge >= 0.3 is 5.97 Å². The fraction of sp³-hybridized carbons (Fsp3) is 0.300. The lowest BCUT2D eigenvalue weighted by molar-refractivity contribution is -0.145. The zero-order chi connectivity index (χ0) is 19.9. The Kier molecular flexibility index (Phi) is 7.11. The molecule has 0 aliphatic carbocycles. The molecule has 27 heavy (non-hydrogen) atoms. The maximum absolute atomic E-state index is 12.3. The standard InChI is InChI=1S/C20H22N2O4S/c1-15-5-10-19(12-16(15)2)27(24,25)22-11-3-4-20(23)26-14-18-8-6-17(13-21)7-9-18/h5-10,12,22H,3-4,11,14H2,1-2H3. The number of carbonyl (C=O) groups excluding carboxylic acids is 1. The SMILES string of the molecule is Cc1ccc(S(=O)(=O)NCCCC(=O)OCc2ccc(C#N)cc2)cc1C. The van der Waals surface area contributed by atoms with Crippen LogP contribution in [0.3, 0.4) is 0 Å². The molecule has 0 atom stereocenters. The van der Waals surface area contributed by atoms with Crippen molar-refractivity contribution >= 4 is 16.0 Å². The zero-order valence-electron chi connectivity index (χ0n) is 15.4. The van der Waals surface area contributed by atoms with E-state index in [1.54, 1.807) is 42.5 Å². The number of ether oxygens (including phenoxy) is 1. The number of nitriles is 1. The molecule has 0 unspecified atom stereocenters. The van der Waals surface area contributed by atoms with E-state index in [4.69, 9.17) is 10.00 Å². The summed E-state index contributed by atoms with van der Waals surface area (Å²) in [6.07, 6.45) is 0.460. The van der Waals surface area contributed by atoms with Gasteiger partial charge in [-0.05, 0) is 61.2 Å². The van der Waals surface area contributed by atoms with Crippen LogP contribution in [0.1, 0.15) is 35.1 Å². The largest absolute Gasteiger partial charge is 0.461 e. The van der Waals surface area contributed by atoms with Crippen molar-refractivity contribution in [2.45, 2.75) is 38.2 Å². The fourth-order valence-corrected chi connectivity index (χ4v) is 3.47. The summed E-state index contributed by atoms with van der Waals surface area (Å²) >= 11 is 0. The minimum Gasteiger partial charge on any atom is -0.461 e. The van der Waals surface area contributed by atoms with Crippen molar-refractivity contribution < 1.29 is 17.9 Å². The average molecular weight is 386 g/mol. The van der Waals surface area contributed by atoms with E-state index < -0.39 is 16.0 Å². The lowest BCUT2D eigenvalue weighted by atomic mass is 10.1. The van der Waals surface area contributed by atoms with Gasteiger partial charge in [-0.3, -0.25) is 4.79 Å². The Labute approximate surface area is 159 Å². The smallest absolute Gasteiger partial charge is 0.306 e. The van der Waals surface area contributed by atoms with Crippen molar-refractivity contribution in [2.24, 2.45) is 0 Å². The third-order valence-corrected chi connectivity index (χ3v) is 5.58. The van der Waals surface area contributed by atoms with Crippen LogP contribution in [0.15, 0.2) is 47.4 Å². The van der Waals surface area contributed by atoms with E-state index in [1.807, 2.05) is 19.9 Å². The van der Waals surface area contributed by atoms with Crippen LogP contribution in [0.4, 0.5) is 0 Å². The van der Waals surface area contributed by atoms with Gasteiger partial charge in [0.05, 0.1) is 16.5 Å². The second-order valence-electron chi connectivity index (χ2n) is 6.22. The van der Waals surface area contributed by atoms with E-state index in [2.05, 4.69) is 4.72 Å². The quantitative estimate of drug-likeness (QED) is 0.556. The lowest BCUT2D eigenvalue weighted by Gasteiger charge is -2.09. The highest BCUT2D eigenvalue weighted by atomic mass is 32.2. The van der Waals surface area contributed by atoms with Gasteiger partial charge in [-0.15, -0.1) is 0 Å². The molecular formula is C20H22N2O4S. The van der Waals surface area contributed by atoms with E-state index in [-0.39, 0.29) is 24.5 Å². The number of hydrogen-bond acceptors (Lipinski definition) is 5. The van der Waals surface area contributed by atoms with Gasteiger partial charge in [0.15, 0.2) is 0 Å².